The number of halogens is 1. The van der Waals surface area contributed by atoms with Gasteiger partial charge in [0.05, 0.1) is 4.92 Å². The van der Waals surface area contributed by atoms with Crippen LogP contribution in [0, 0.1) is 10.1 Å². The quantitative estimate of drug-likeness (QED) is 0.272. The van der Waals surface area contributed by atoms with Crippen molar-refractivity contribution < 1.29 is 14.5 Å². The van der Waals surface area contributed by atoms with Crippen molar-refractivity contribution >= 4 is 57.1 Å². The molecule has 0 radical (unpaired) electrons. The van der Waals surface area contributed by atoms with Crippen LogP contribution >= 0.6 is 15.9 Å². The molecule has 0 bridgehead atoms. The SMILES string of the molecule is CC(=O)Oc1ccc(Br)cc1[N+](=O)[O-].[NaH]. The summed E-state index contributed by atoms with van der Waals surface area (Å²) >= 11 is 3.09. The predicted molar refractivity (Wildman–Crippen MR) is 59.3 cm³/mol. The summed E-state index contributed by atoms with van der Waals surface area (Å²) in [5.41, 5.74) is -0.241. The van der Waals surface area contributed by atoms with Crippen LogP contribution in [0.25, 0.3) is 0 Å². The van der Waals surface area contributed by atoms with Gasteiger partial charge in [-0.05, 0) is 12.1 Å². The maximum absolute atomic E-state index is 10.6. The van der Waals surface area contributed by atoms with Crippen molar-refractivity contribution in [3.05, 3.63) is 32.8 Å². The van der Waals surface area contributed by atoms with Crippen molar-refractivity contribution in [2.24, 2.45) is 0 Å². The second-order valence-electron chi connectivity index (χ2n) is 2.46. The number of nitro benzene ring substituents is 1. The number of carbonyl (C=O) groups excluding carboxylic acids is 1. The van der Waals surface area contributed by atoms with Crippen LogP contribution in [0.5, 0.6) is 5.75 Å². The summed E-state index contributed by atoms with van der Waals surface area (Å²) < 4.78 is 5.22. The van der Waals surface area contributed by atoms with E-state index < -0.39 is 10.9 Å². The van der Waals surface area contributed by atoms with Gasteiger partial charge in [0, 0.05) is 17.5 Å². The maximum atomic E-state index is 10.6. The van der Waals surface area contributed by atoms with Gasteiger partial charge in [-0.2, -0.15) is 0 Å². The second kappa shape index (κ2) is 6.22. The predicted octanol–water partition coefficient (Wildman–Crippen LogP) is 1.63. The van der Waals surface area contributed by atoms with Gasteiger partial charge in [-0.1, -0.05) is 15.9 Å². The molecule has 0 N–H and O–H groups in total. The molecule has 0 fully saturated rings. The van der Waals surface area contributed by atoms with Gasteiger partial charge in [-0.3, -0.25) is 14.9 Å². The van der Waals surface area contributed by atoms with Crippen molar-refractivity contribution in [3.63, 3.8) is 0 Å². The molecule has 0 atom stereocenters. The van der Waals surface area contributed by atoms with Crippen molar-refractivity contribution in [3.8, 4) is 5.75 Å². The Morgan fingerprint density at radius 3 is 2.60 bits per heavy atom. The van der Waals surface area contributed by atoms with E-state index in [1.165, 1.54) is 19.1 Å². The molecule has 0 saturated heterocycles. The van der Waals surface area contributed by atoms with Crippen molar-refractivity contribution in [2.45, 2.75) is 6.92 Å². The first kappa shape index (κ1) is 14.6. The first-order valence-electron chi connectivity index (χ1n) is 3.63. The van der Waals surface area contributed by atoms with Crippen molar-refractivity contribution in [1.82, 2.24) is 0 Å². The zero-order chi connectivity index (χ0) is 10.7. The fourth-order valence-electron chi connectivity index (χ4n) is 0.874. The second-order valence-corrected chi connectivity index (χ2v) is 3.38. The zero-order valence-corrected chi connectivity index (χ0v) is 8.78. The fraction of sp³-hybridized carbons (Fsp3) is 0.125. The summed E-state index contributed by atoms with van der Waals surface area (Å²) in [6.45, 7) is 1.19. The van der Waals surface area contributed by atoms with Gasteiger partial charge < -0.3 is 4.74 Å². The number of nitro groups is 1. The molecule has 15 heavy (non-hydrogen) atoms. The Morgan fingerprint density at radius 2 is 2.13 bits per heavy atom. The third kappa shape index (κ3) is 4.29. The molecule has 0 aliphatic rings. The summed E-state index contributed by atoms with van der Waals surface area (Å²) in [5, 5.41) is 10.5. The molecule has 7 heteroatoms. The number of esters is 1. The first-order chi connectivity index (χ1) is 6.50. The number of carbonyl (C=O) groups is 1. The Bertz CT molecular complexity index is 396. The van der Waals surface area contributed by atoms with Crippen LogP contribution in [0.2, 0.25) is 0 Å². The fourth-order valence-corrected chi connectivity index (χ4v) is 1.22. The zero-order valence-electron chi connectivity index (χ0n) is 7.19. The standard InChI is InChI=1S/C8H6BrNO4.Na.H/c1-5(11)14-8-3-2-6(9)4-7(8)10(12)13;;/h2-4H,1H3;;. The number of rotatable bonds is 2. The Hall–Kier alpha value is -0.430. The minimum atomic E-state index is -0.608. The molecule has 0 amide bonds. The molecule has 76 valence electrons. The van der Waals surface area contributed by atoms with Gasteiger partial charge >= 0.3 is 41.2 Å². The molecule has 1 aromatic rings. The number of ether oxygens (including phenoxy) is 1. The Balaban J connectivity index is 0.00000196. The molecule has 0 aliphatic carbocycles. The molecule has 1 rings (SSSR count). The molecule has 0 spiro atoms. The summed E-state index contributed by atoms with van der Waals surface area (Å²) in [6.07, 6.45) is 0. The van der Waals surface area contributed by atoms with Crippen LogP contribution in [0.4, 0.5) is 5.69 Å². The number of hydrogen-bond acceptors (Lipinski definition) is 4. The minimum absolute atomic E-state index is 0. The summed E-state index contributed by atoms with van der Waals surface area (Å²) in [6, 6.07) is 4.20. The van der Waals surface area contributed by atoms with Crippen molar-refractivity contribution in [2.75, 3.05) is 0 Å². The molecule has 1 aromatic carbocycles. The van der Waals surface area contributed by atoms with E-state index in [2.05, 4.69) is 20.7 Å². The van der Waals surface area contributed by atoms with Crippen LogP contribution < -0.4 is 4.74 Å². The van der Waals surface area contributed by atoms with Gasteiger partial charge in [0.25, 0.3) is 0 Å². The third-order valence-electron chi connectivity index (χ3n) is 1.37. The molecular weight excluding hydrogens is 277 g/mol. The third-order valence-corrected chi connectivity index (χ3v) is 1.86. The topological polar surface area (TPSA) is 69.4 Å². The van der Waals surface area contributed by atoms with Crippen LogP contribution in [-0.2, 0) is 4.79 Å². The van der Waals surface area contributed by atoms with Gasteiger partial charge in [0.15, 0.2) is 0 Å². The van der Waals surface area contributed by atoms with Crippen LogP contribution in [-0.4, -0.2) is 40.4 Å². The van der Waals surface area contributed by atoms with Crippen LogP contribution in [0.1, 0.15) is 6.92 Å². The van der Waals surface area contributed by atoms with Gasteiger partial charge in [-0.25, -0.2) is 0 Å². The normalized spacial score (nSPS) is 8.93. The van der Waals surface area contributed by atoms with E-state index in [-0.39, 0.29) is 41.0 Å². The molecule has 0 heterocycles. The number of hydrogen-bond donors (Lipinski definition) is 0. The van der Waals surface area contributed by atoms with Crippen LogP contribution in [0.3, 0.4) is 0 Å². The molecule has 0 saturated carbocycles. The average Bonchev–Trinajstić information content (AvgIpc) is 2.07. The van der Waals surface area contributed by atoms with E-state index in [0.29, 0.717) is 4.47 Å². The first-order valence-corrected chi connectivity index (χ1v) is 4.42. The molecular formula is C8H7BrNNaO4. The number of benzene rings is 1. The van der Waals surface area contributed by atoms with E-state index in [0.717, 1.165) is 0 Å². The van der Waals surface area contributed by atoms with E-state index in [1.807, 2.05) is 0 Å². The van der Waals surface area contributed by atoms with E-state index in [4.69, 9.17) is 0 Å². The summed E-state index contributed by atoms with van der Waals surface area (Å²) in [4.78, 5) is 20.6. The van der Waals surface area contributed by atoms with E-state index in [9.17, 15) is 14.9 Å². The Kier molecular flexibility index (Phi) is 6.04. The summed E-state index contributed by atoms with van der Waals surface area (Å²) in [5.74, 6) is -0.638. The van der Waals surface area contributed by atoms with Gasteiger partial charge in [0.1, 0.15) is 0 Å². The molecule has 0 unspecified atom stereocenters. The van der Waals surface area contributed by atoms with E-state index >= 15 is 0 Å². The molecule has 0 aliphatic heterocycles. The van der Waals surface area contributed by atoms with Gasteiger partial charge in [-0.15, -0.1) is 0 Å². The molecule has 0 aromatic heterocycles. The van der Waals surface area contributed by atoms with Crippen LogP contribution in [0.15, 0.2) is 22.7 Å². The van der Waals surface area contributed by atoms with Gasteiger partial charge in [0.2, 0.25) is 5.75 Å². The average molecular weight is 284 g/mol. The number of nitrogens with zero attached hydrogens (tertiary/aromatic N) is 1. The Labute approximate surface area is 116 Å². The van der Waals surface area contributed by atoms with E-state index in [1.54, 1.807) is 6.07 Å². The monoisotopic (exact) mass is 283 g/mol. The van der Waals surface area contributed by atoms with Crippen molar-refractivity contribution in [1.29, 1.82) is 0 Å². The molecule has 5 nitrogen and oxygen atoms in total. The Morgan fingerprint density at radius 1 is 1.53 bits per heavy atom. The summed E-state index contributed by atoms with van der Waals surface area (Å²) in [7, 11) is 0.